The van der Waals surface area contributed by atoms with Gasteiger partial charge in [-0.05, 0) is 49.6 Å². The zero-order valence-corrected chi connectivity index (χ0v) is 15.6. The lowest BCUT2D eigenvalue weighted by molar-refractivity contribution is -0.134. The van der Waals surface area contributed by atoms with Crippen LogP contribution < -0.4 is 5.32 Å². The number of benzene rings is 2. The van der Waals surface area contributed by atoms with Crippen LogP contribution in [0.3, 0.4) is 0 Å². The summed E-state index contributed by atoms with van der Waals surface area (Å²) in [6.07, 6.45) is 0.454. The van der Waals surface area contributed by atoms with Crippen LogP contribution in [-0.4, -0.2) is 29.8 Å². The third-order valence-corrected chi connectivity index (χ3v) is 4.34. The largest absolute Gasteiger partial charge is 0.334 e. The van der Waals surface area contributed by atoms with Gasteiger partial charge in [-0.3, -0.25) is 9.59 Å². The van der Waals surface area contributed by atoms with E-state index >= 15 is 0 Å². The van der Waals surface area contributed by atoms with Crippen LogP contribution in [0.25, 0.3) is 0 Å². The highest BCUT2D eigenvalue weighted by Crippen LogP contribution is 2.20. The summed E-state index contributed by atoms with van der Waals surface area (Å²) in [5.74, 6) is -0.803. The molecule has 0 aliphatic carbocycles. The number of likely N-dealkylation sites (N-methyl/N-ethyl adjacent to an activating group) is 1. The molecule has 6 heteroatoms. The number of aryl methyl sites for hydroxylation is 2. The van der Waals surface area contributed by atoms with Crippen molar-refractivity contribution in [2.24, 2.45) is 0 Å². The SMILES string of the molecule is CCN(CC(=O)Nc1cc(Cl)ccc1C)C(=O)CCc1ccccc1F. The standard InChI is InChI=1S/C20H22ClFN2O2/c1-3-24(20(26)11-9-15-6-4-5-7-17(15)22)13-19(25)23-18-12-16(21)10-8-14(18)2/h4-8,10,12H,3,9,11,13H2,1-2H3,(H,23,25). The first-order valence-electron chi connectivity index (χ1n) is 8.48. The maximum atomic E-state index is 13.6. The molecule has 2 aromatic rings. The monoisotopic (exact) mass is 376 g/mol. The van der Waals surface area contributed by atoms with Crippen molar-refractivity contribution < 1.29 is 14.0 Å². The molecule has 0 heterocycles. The molecular weight excluding hydrogens is 355 g/mol. The summed E-state index contributed by atoms with van der Waals surface area (Å²) in [7, 11) is 0. The smallest absolute Gasteiger partial charge is 0.244 e. The Morgan fingerprint density at radius 2 is 1.92 bits per heavy atom. The predicted molar refractivity (Wildman–Crippen MR) is 102 cm³/mol. The van der Waals surface area contributed by atoms with E-state index in [1.807, 2.05) is 13.0 Å². The van der Waals surface area contributed by atoms with E-state index in [4.69, 9.17) is 11.6 Å². The van der Waals surface area contributed by atoms with Crippen molar-refractivity contribution in [2.45, 2.75) is 26.7 Å². The predicted octanol–water partition coefficient (Wildman–Crippen LogP) is 4.21. The highest BCUT2D eigenvalue weighted by atomic mass is 35.5. The molecule has 0 aromatic heterocycles. The molecule has 0 unspecified atom stereocenters. The van der Waals surface area contributed by atoms with E-state index in [9.17, 15) is 14.0 Å². The average Bonchev–Trinajstić information content (AvgIpc) is 2.61. The molecule has 0 aliphatic rings. The van der Waals surface area contributed by atoms with Crippen LogP contribution in [0.4, 0.5) is 10.1 Å². The Morgan fingerprint density at radius 1 is 1.19 bits per heavy atom. The minimum Gasteiger partial charge on any atom is -0.334 e. The van der Waals surface area contributed by atoms with Gasteiger partial charge in [-0.1, -0.05) is 35.9 Å². The summed E-state index contributed by atoms with van der Waals surface area (Å²) >= 11 is 5.95. The van der Waals surface area contributed by atoms with Gasteiger partial charge in [-0.25, -0.2) is 4.39 Å². The highest BCUT2D eigenvalue weighted by Gasteiger charge is 2.16. The molecule has 138 valence electrons. The minimum atomic E-state index is -0.322. The van der Waals surface area contributed by atoms with Gasteiger partial charge in [0, 0.05) is 23.7 Å². The minimum absolute atomic E-state index is 0.0570. The van der Waals surface area contributed by atoms with E-state index in [1.165, 1.54) is 11.0 Å². The number of amides is 2. The number of nitrogens with one attached hydrogen (secondary N) is 1. The number of hydrogen-bond acceptors (Lipinski definition) is 2. The van der Waals surface area contributed by atoms with Crippen LogP contribution in [0.1, 0.15) is 24.5 Å². The Labute approximate surface area is 158 Å². The van der Waals surface area contributed by atoms with Gasteiger partial charge < -0.3 is 10.2 Å². The van der Waals surface area contributed by atoms with Gasteiger partial charge >= 0.3 is 0 Å². The number of anilines is 1. The third kappa shape index (κ3) is 5.56. The molecule has 4 nitrogen and oxygen atoms in total. The molecule has 0 fully saturated rings. The normalized spacial score (nSPS) is 10.5. The summed E-state index contributed by atoms with van der Waals surface area (Å²) < 4.78 is 13.6. The van der Waals surface area contributed by atoms with Crippen molar-refractivity contribution >= 4 is 29.1 Å². The fourth-order valence-corrected chi connectivity index (χ4v) is 2.74. The highest BCUT2D eigenvalue weighted by molar-refractivity contribution is 6.31. The summed E-state index contributed by atoms with van der Waals surface area (Å²) in [5.41, 5.74) is 2.00. The Hall–Kier alpha value is -2.40. The second-order valence-electron chi connectivity index (χ2n) is 6.01. The number of nitrogens with zero attached hydrogens (tertiary/aromatic N) is 1. The molecular formula is C20H22ClFN2O2. The first-order valence-corrected chi connectivity index (χ1v) is 8.85. The summed E-state index contributed by atoms with van der Waals surface area (Å²) in [5, 5.41) is 3.30. The topological polar surface area (TPSA) is 49.4 Å². The van der Waals surface area contributed by atoms with E-state index in [1.54, 1.807) is 37.3 Å². The quantitative estimate of drug-likeness (QED) is 0.787. The van der Waals surface area contributed by atoms with E-state index in [0.717, 1.165) is 5.56 Å². The van der Waals surface area contributed by atoms with E-state index in [0.29, 0.717) is 29.2 Å². The number of rotatable bonds is 7. The van der Waals surface area contributed by atoms with Crippen LogP contribution in [-0.2, 0) is 16.0 Å². The molecule has 26 heavy (non-hydrogen) atoms. The Bertz CT molecular complexity index is 795. The van der Waals surface area contributed by atoms with Gasteiger partial charge in [-0.2, -0.15) is 0 Å². The molecule has 1 N–H and O–H groups in total. The Morgan fingerprint density at radius 3 is 2.62 bits per heavy atom. The average molecular weight is 377 g/mol. The van der Waals surface area contributed by atoms with Gasteiger partial charge in [0.15, 0.2) is 0 Å². The molecule has 0 saturated carbocycles. The van der Waals surface area contributed by atoms with Gasteiger partial charge in [0.25, 0.3) is 0 Å². The van der Waals surface area contributed by atoms with Crippen molar-refractivity contribution in [2.75, 3.05) is 18.4 Å². The summed E-state index contributed by atoms with van der Waals surface area (Å²) in [4.78, 5) is 26.1. The molecule has 0 radical (unpaired) electrons. The maximum Gasteiger partial charge on any atom is 0.244 e. The van der Waals surface area contributed by atoms with Crippen molar-refractivity contribution in [1.29, 1.82) is 0 Å². The fraction of sp³-hybridized carbons (Fsp3) is 0.300. The molecule has 2 amide bonds. The van der Waals surface area contributed by atoms with E-state index < -0.39 is 0 Å². The number of hydrogen-bond donors (Lipinski definition) is 1. The van der Waals surface area contributed by atoms with Gasteiger partial charge in [0.1, 0.15) is 5.82 Å². The lowest BCUT2D eigenvalue weighted by atomic mass is 10.1. The first kappa shape index (κ1) is 19.9. The maximum absolute atomic E-state index is 13.6. The van der Waals surface area contributed by atoms with Gasteiger partial charge in [0.05, 0.1) is 6.54 Å². The van der Waals surface area contributed by atoms with Crippen LogP contribution in [0.15, 0.2) is 42.5 Å². The van der Waals surface area contributed by atoms with Crippen LogP contribution in [0.5, 0.6) is 0 Å². The van der Waals surface area contributed by atoms with Crippen molar-refractivity contribution in [3.63, 3.8) is 0 Å². The third-order valence-electron chi connectivity index (χ3n) is 4.11. The van der Waals surface area contributed by atoms with Crippen molar-refractivity contribution in [3.8, 4) is 0 Å². The molecule has 0 spiro atoms. The molecule has 0 aliphatic heterocycles. The molecule has 0 bridgehead atoms. The van der Waals surface area contributed by atoms with Crippen molar-refractivity contribution in [3.05, 3.63) is 64.4 Å². The molecule has 0 saturated heterocycles. The fourth-order valence-electron chi connectivity index (χ4n) is 2.57. The summed E-state index contributed by atoms with van der Waals surface area (Å²) in [6, 6.07) is 11.6. The van der Waals surface area contributed by atoms with E-state index in [2.05, 4.69) is 5.32 Å². The molecule has 2 aromatic carbocycles. The second-order valence-corrected chi connectivity index (χ2v) is 6.44. The first-order chi connectivity index (χ1) is 12.4. The van der Waals surface area contributed by atoms with Crippen LogP contribution >= 0.6 is 11.6 Å². The van der Waals surface area contributed by atoms with Gasteiger partial charge in [-0.15, -0.1) is 0 Å². The van der Waals surface area contributed by atoms with E-state index in [-0.39, 0.29) is 30.6 Å². The molecule has 0 atom stereocenters. The molecule has 2 rings (SSSR count). The second kappa shape index (κ2) is 9.34. The van der Waals surface area contributed by atoms with Crippen LogP contribution in [0, 0.1) is 12.7 Å². The summed E-state index contributed by atoms with van der Waals surface area (Å²) in [6.45, 7) is 4.01. The number of carbonyl (C=O) groups excluding carboxylic acids is 2. The lowest BCUT2D eigenvalue weighted by Gasteiger charge is -2.21. The zero-order chi connectivity index (χ0) is 19.1. The lowest BCUT2D eigenvalue weighted by Crippen LogP contribution is -2.38. The zero-order valence-electron chi connectivity index (χ0n) is 14.9. The Kier molecular flexibility index (Phi) is 7.16. The number of halogens is 2. The van der Waals surface area contributed by atoms with Gasteiger partial charge in [0.2, 0.25) is 11.8 Å². The van der Waals surface area contributed by atoms with Crippen molar-refractivity contribution in [1.82, 2.24) is 4.90 Å². The Balaban J connectivity index is 1.93. The van der Waals surface area contributed by atoms with Crippen LogP contribution in [0.2, 0.25) is 5.02 Å². The number of carbonyl (C=O) groups is 2.